The summed E-state index contributed by atoms with van der Waals surface area (Å²) in [6.07, 6.45) is 2.49. The standard InChI is InChI=1S/C14H21N3O3/c1-11-10-12(2-3-14(11)17(18)19)16-8-9-20-13-4-6-15-7-5-13/h2-3,10,13,15-16H,4-9H2,1H3. The molecule has 2 rings (SSSR count). The highest BCUT2D eigenvalue weighted by molar-refractivity contribution is 5.53. The fourth-order valence-corrected chi connectivity index (χ4v) is 2.35. The van der Waals surface area contributed by atoms with Crippen molar-refractivity contribution < 1.29 is 9.66 Å². The van der Waals surface area contributed by atoms with Gasteiger partial charge in [0, 0.05) is 23.9 Å². The molecule has 0 aromatic heterocycles. The minimum absolute atomic E-state index is 0.154. The molecule has 0 atom stereocenters. The largest absolute Gasteiger partial charge is 0.383 e. The summed E-state index contributed by atoms with van der Waals surface area (Å²) in [5, 5.41) is 17.3. The first-order valence-electron chi connectivity index (χ1n) is 6.98. The van der Waals surface area contributed by atoms with Crippen molar-refractivity contribution in [3.63, 3.8) is 0 Å². The first-order valence-corrected chi connectivity index (χ1v) is 6.98. The van der Waals surface area contributed by atoms with Crippen LogP contribution in [-0.2, 0) is 4.74 Å². The quantitative estimate of drug-likeness (QED) is 0.473. The van der Waals surface area contributed by atoms with Crippen LogP contribution in [0.25, 0.3) is 0 Å². The normalized spacial score (nSPS) is 16.1. The van der Waals surface area contributed by atoms with Gasteiger partial charge in [-0.05, 0) is 45.0 Å². The van der Waals surface area contributed by atoms with E-state index < -0.39 is 0 Å². The Bertz CT molecular complexity index is 459. The van der Waals surface area contributed by atoms with Crippen molar-refractivity contribution in [3.8, 4) is 0 Å². The maximum absolute atomic E-state index is 10.7. The van der Waals surface area contributed by atoms with Crippen molar-refractivity contribution in [1.82, 2.24) is 5.32 Å². The molecule has 0 amide bonds. The van der Waals surface area contributed by atoms with Gasteiger partial charge in [0.2, 0.25) is 0 Å². The van der Waals surface area contributed by atoms with E-state index in [0.29, 0.717) is 24.8 Å². The molecule has 1 fully saturated rings. The van der Waals surface area contributed by atoms with E-state index in [-0.39, 0.29) is 10.6 Å². The number of nitro benzene ring substituents is 1. The fraction of sp³-hybridized carbons (Fsp3) is 0.571. The highest BCUT2D eigenvalue weighted by Gasteiger charge is 2.13. The lowest BCUT2D eigenvalue weighted by molar-refractivity contribution is -0.385. The zero-order chi connectivity index (χ0) is 14.4. The van der Waals surface area contributed by atoms with E-state index in [2.05, 4.69) is 10.6 Å². The molecule has 1 aliphatic heterocycles. The topological polar surface area (TPSA) is 76.4 Å². The van der Waals surface area contributed by atoms with Gasteiger partial charge in [0.25, 0.3) is 5.69 Å². The molecule has 1 aliphatic rings. The second kappa shape index (κ2) is 7.21. The summed E-state index contributed by atoms with van der Waals surface area (Å²) in [6.45, 7) is 5.16. The Kier molecular flexibility index (Phi) is 5.31. The highest BCUT2D eigenvalue weighted by Crippen LogP contribution is 2.21. The first-order chi connectivity index (χ1) is 9.66. The van der Waals surface area contributed by atoms with Crippen LogP contribution in [0.1, 0.15) is 18.4 Å². The second-order valence-corrected chi connectivity index (χ2v) is 5.01. The second-order valence-electron chi connectivity index (χ2n) is 5.01. The predicted octanol–water partition coefficient (Wildman–Crippen LogP) is 2.08. The SMILES string of the molecule is Cc1cc(NCCOC2CCNCC2)ccc1[N+](=O)[O-]. The predicted molar refractivity (Wildman–Crippen MR) is 78.2 cm³/mol. The Balaban J connectivity index is 1.73. The van der Waals surface area contributed by atoms with Crippen molar-refractivity contribution in [2.24, 2.45) is 0 Å². The van der Waals surface area contributed by atoms with Crippen LogP contribution in [0, 0.1) is 17.0 Å². The molecule has 1 aromatic carbocycles. The van der Waals surface area contributed by atoms with E-state index in [1.165, 1.54) is 6.07 Å². The third-order valence-electron chi connectivity index (χ3n) is 3.46. The van der Waals surface area contributed by atoms with Gasteiger partial charge in [-0.1, -0.05) is 0 Å². The van der Waals surface area contributed by atoms with Crippen molar-refractivity contribution in [3.05, 3.63) is 33.9 Å². The van der Waals surface area contributed by atoms with Gasteiger partial charge in [0.05, 0.1) is 17.6 Å². The zero-order valence-electron chi connectivity index (χ0n) is 11.7. The van der Waals surface area contributed by atoms with Crippen molar-refractivity contribution >= 4 is 11.4 Å². The Morgan fingerprint density at radius 1 is 1.45 bits per heavy atom. The van der Waals surface area contributed by atoms with E-state index in [4.69, 9.17) is 4.74 Å². The summed E-state index contributed by atoms with van der Waals surface area (Å²) in [5.74, 6) is 0. The van der Waals surface area contributed by atoms with Crippen LogP contribution in [0.4, 0.5) is 11.4 Å². The maximum Gasteiger partial charge on any atom is 0.272 e. The van der Waals surface area contributed by atoms with E-state index >= 15 is 0 Å². The van der Waals surface area contributed by atoms with Gasteiger partial charge in [-0.2, -0.15) is 0 Å². The van der Waals surface area contributed by atoms with E-state index in [1.807, 2.05) is 0 Å². The number of nitro groups is 1. The number of anilines is 1. The number of rotatable bonds is 6. The summed E-state index contributed by atoms with van der Waals surface area (Å²) < 4.78 is 5.79. The average molecular weight is 279 g/mol. The van der Waals surface area contributed by atoms with E-state index in [9.17, 15) is 10.1 Å². The fourth-order valence-electron chi connectivity index (χ4n) is 2.35. The average Bonchev–Trinajstić information content (AvgIpc) is 2.44. The van der Waals surface area contributed by atoms with Crippen LogP contribution >= 0.6 is 0 Å². The van der Waals surface area contributed by atoms with Gasteiger partial charge < -0.3 is 15.4 Å². The van der Waals surface area contributed by atoms with Crippen LogP contribution in [-0.4, -0.2) is 37.3 Å². The molecule has 110 valence electrons. The van der Waals surface area contributed by atoms with Crippen LogP contribution in [0.2, 0.25) is 0 Å². The molecule has 0 bridgehead atoms. The summed E-state index contributed by atoms with van der Waals surface area (Å²) in [6, 6.07) is 5.06. The Morgan fingerprint density at radius 3 is 2.85 bits per heavy atom. The zero-order valence-corrected chi connectivity index (χ0v) is 11.7. The molecule has 0 aliphatic carbocycles. The van der Waals surface area contributed by atoms with E-state index in [1.54, 1.807) is 19.1 Å². The minimum atomic E-state index is -0.362. The Morgan fingerprint density at radius 2 is 2.20 bits per heavy atom. The number of nitrogens with zero attached hydrogens (tertiary/aromatic N) is 1. The molecule has 0 unspecified atom stereocenters. The van der Waals surface area contributed by atoms with Crippen molar-refractivity contribution in [2.45, 2.75) is 25.9 Å². The third-order valence-corrected chi connectivity index (χ3v) is 3.46. The number of benzene rings is 1. The molecule has 6 heteroatoms. The molecule has 1 heterocycles. The highest BCUT2D eigenvalue weighted by atomic mass is 16.6. The van der Waals surface area contributed by atoms with Gasteiger partial charge in [0.15, 0.2) is 0 Å². The number of hydrogen-bond donors (Lipinski definition) is 2. The molecule has 0 spiro atoms. The number of hydrogen-bond acceptors (Lipinski definition) is 5. The molecule has 1 saturated heterocycles. The monoisotopic (exact) mass is 279 g/mol. The number of nitrogens with one attached hydrogen (secondary N) is 2. The van der Waals surface area contributed by atoms with Gasteiger partial charge in [-0.25, -0.2) is 0 Å². The third kappa shape index (κ3) is 4.18. The molecule has 0 saturated carbocycles. The summed E-state index contributed by atoms with van der Waals surface area (Å²) in [7, 11) is 0. The lowest BCUT2D eigenvalue weighted by Gasteiger charge is -2.23. The number of aryl methyl sites for hydroxylation is 1. The minimum Gasteiger partial charge on any atom is -0.383 e. The van der Waals surface area contributed by atoms with Crippen molar-refractivity contribution in [2.75, 3.05) is 31.6 Å². The van der Waals surface area contributed by atoms with Gasteiger partial charge in [-0.15, -0.1) is 0 Å². The lowest BCUT2D eigenvalue weighted by atomic mass is 10.1. The molecular weight excluding hydrogens is 258 g/mol. The van der Waals surface area contributed by atoms with Gasteiger partial charge in [0.1, 0.15) is 0 Å². The molecule has 0 radical (unpaired) electrons. The van der Waals surface area contributed by atoms with Crippen LogP contribution in [0.5, 0.6) is 0 Å². The number of piperidine rings is 1. The Hall–Kier alpha value is -1.66. The molecule has 6 nitrogen and oxygen atoms in total. The van der Waals surface area contributed by atoms with Gasteiger partial charge in [-0.3, -0.25) is 10.1 Å². The summed E-state index contributed by atoms with van der Waals surface area (Å²) in [5.41, 5.74) is 1.71. The Labute approximate surface area is 118 Å². The van der Waals surface area contributed by atoms with Crippen LogP contribution in [0.15, 0.2) is 18.2 Å². The molecule has 2 N–H and O–H groups in total. The molecule has 20 heavy (non-hydrogen) atoms. The maximum atomic E-state index is 10.7. The smallest absolute Gasteiger partial charge is 0.272 e. The van der Waals surface area contributed by atoms with Crippen LogP contribution in [0.3, 0.4) is 0 Å². The van der Waals surface area contributed by atoms with Gasteiger partial charge >= 0.3 is 0 Å². The van der Waals surface area contributed by atoms with E-state index in [0.717, 1.165) is 31.6 Å². The first kappa shape index (κ1) is 14.7. The molecule has 1 aromatic rings. The summed E-state index contributed by atoms with van der Waals surface area (Å²) >= 11 is 0. The van der Waals surface area contributed by atoms with Crippen LogP contribution < -0.4 is 10.6 Å². The summed E-state index contributed by atoms with van der Waals surface area (Å²) in [4.78, 5) is 10.4. The molecular formula is C14H21N3O3. The van der Waals surface area contributed by atoms with Crippen molar-refractivity contribution in [1.29, 1.82) is 0 Å². The number of ether oxygens (including phenoxy) is 1. The lowest BCUT2D eigenvalue weighted by Crippen LogP contribution is -2.33.